The van der Waals surface area contributed by atoms with Gasteiger partial charge in [0.05, 0.1) is 5.54 Å². The summed E-state index contributed by atoms with van der Waals surface area (Å²) in [6, 6.07) is 3.65. The SMILES string of the molecule is C=C1c2cc(C(C)(C)C)ncc2-c2nccc(=O)n2C1(CC)CC. The maximum absolute atomic E-state index is 12.6. The predicted octanol–water partition coefficient (Wildman–Crippen LogP) is 4.14. The molecule has 2 aromatic rings. The lowest BCUT2D eigenvalue weighted by Gasteiger charge is -2.42. The molecule has 0 atom stereocenters. The first-order valence-corrected chi connectivity index (χ1v) is 8.55. The van der Waals surface area contributed by atoms with Crippen LogP contribution in [0.25, 0.3) is 17.0 Å². The fourth-order valence-electron chi connectivity index (χ4n) is 3.68. The van der Waals surface area contributed by atoms with E-state index in [0.717, 1.165) is 35.2 Å². The first-order chi connectivity index (χ1) is 11.3. The molecule has 3 rings (SSSR count). The van der Waals surface area contributed by atoms with Crippen molar-refractivity contribution in [3.63, 3.8) is 0 Å². The molecular formula is C20H25N3O. The second-order valence-corrected chi connectivity index (χ2v) is 7.52. The second-order valence-electron chi connectivity index (χ2n) is 7.52. The topological polar surface area (TPSA) is 47.8 Å². The minimum Gasteiger partial charge on any atom is -0.282 e. The third-order valence-electron chi connectivity index (χ3n) is 5.24. The van der Waals surface area contributed by atoms with Crippen LogP contribution in [0, 0.1) is 0 Å². The molecule has 0 aliphatic carbocycles. The van der Waals surface area contributed by atoms with Crippen molar-refractivity contribution in [2.45, 2.75) is 58.4 Å². The summed E-state index contributed by atoms with van der Waals surface area (Å²) in [5.74, 6) is 0.696. The molecule has 24 heavy (non-hydrogen) atoms. The van der Waals surface area contributed by atoms with E-state index < -0.39 is 5.54 Å². The molecule has 0 aromatic carbocycles. The van der Waals surface area contributed by atoms with Crippen molar-refractivity contribution < 1.29 is 0 Å². The van der Waals surface area contributed by atoms with Crippen molar-refractivity contribution in [2.75, 3.05) is 0 Å². The van der Waals surface area contributed by atoms with Gasteiger partial charge in [-0.15, -0.1) is 0 Å². The number of rotatable bonds is 2. The van der Waals surface area contributed by atoms with E-state index in [-0.39, 0.29) is 11.0 Å². The zero-order chi connectivity index (χ0) is 17.7. The molecule has 126 valence electrons. The summed E-state index contributed by atoms with van der Waals surface area (Å²) < 4.78 is 1.82. The van der Waals surface area contributed by atoms with Gasteiger partial charge in [0.25, 0.3) is 5.56 Å². The highest BCUT2D eigenvalue weighted by Gasteiger charge is 2.41. The third kappa shape index (κ3) is 2.16. The molecule has 0 fully saturated rings. The Morgan fingerprint density at radius 3 is 2.42 bits per heavy atom. The average molecular weight is 323 g/mol. The van der Waals surface area contributed by atoms with Crippen molar-refractivity contribution >= 4 is 5.57 Å². The Hall–Kier alpha value is -2.23. The molecule has 0 bridgehead atoms. The van der Waals surface area contributed by atoms with Gasteiger partial charge < -0.3 is 0 Å². The van der Waals surface area contributed by atoms with Gasteiger partial charge in [0.2, 0.25) is 0 Å². The lowest BCUT2D eigenvalue weighted by atomic mass is 9.76. The van der Waals surface area contributed by atoms with E-state index in [1.54, 1.807) is 6.20 Å². The molecular weight excluding hydrogens is 298 g/mol. The highest BCUT2D eigenvalue weighted by Crippen LogP contribution is 2.47. The van der Waals surface area contributed by atoms with Crippen molar-refractivity contribution in [1.82, 2.24) is 14.5 Å². The number of aromatic nitrogens is 3. The summed E-state index contributed by atoms with van der Waals surface area (Å²) in [5.41, 5.74) is 3.46. The van der Waals surface area contributed by atoms with Gasteiger partial charge in [-0.25, -0.2) is 4.98 Å². The molecule has 0 saturated carbocycles. The van der Waals surface area contributed by atoms with Crippen LogP contribution in [0.15, 0.2) is 35.9 Å². The number of hydrogen-bond acceptors (Lipinski definition) is 3. The van der Waals surface area contributed by atoms with Gasteiger partial charge in [-0.05, 0) is 30.0 Å². The van der Waals surface area contributed by atoms with Gasteiger partial charge in [-0.3, -0.25) is 14.3 Å². The zero-order valence-corrected chi connectivity index (χ0v) is 15.2. The van der Waals surface area contributed by atoms with Crippen LogP contribution in [0.2, 0.25) is 0 Å². The number of hydrogen-bond donors (Lipinski definition) is 0. The maximum Gasteiger partial charge on any atom is 0.254 e. The van der Waals surface area contributed by atoms with Gasteiger partial charge in [0.15, 0.2) is 0 Å². The minimum absolute atomic E-state index is 0.0320. The van der Waals surface area contributed by atoms with Crippen LogP contribution in [-0.4, -0.2) is 14.5 Å². The van der Waals surface area contributed by atoms with Crippen LogP contribution in [0.3, 0.4) is 0 Å². The van der Waals surface area contributed by atoms with Crippen molar-refractivity contribution in [3.05, 3.63) is 52.7 Å². The molecule has 2 aromatic heterocycles. The van der Waals surface area contributed by atoms with E-state index in [9.17, 15) is 4.79 Å². The molecule has 0 unspecified atom stereocenters. The Morgan fingerprint density at radius 1 is 1.17 bits per heavy atom. The average Bonchev–Trinajstić information content (AvgIpc) is 2.55. The molecule has 1 aliphatic heterocycles. The molecule has 0 saturated heterocycles. The Kier molecular flexibility index (Phi) is 3.74. The monoisotopic (exact) mass is 323 g/mol. The van der Waals surface area contributed by atoms with Crippen LogP contribution in [0.4, 0.5) is 0 Å². The first kappa shape index (κ1) is 16.6. The molecule has 4 nitrogen and oxygen atoms in total. The van der Waals surface area contributed by atoms with E-state index in [2.05, 4.69) is 57.2 Å². The van der Waals surface area contributed by atoms with Crippen LogP contribution in [0.5, 0.6) is 0 Å². The van der Waals surface area contributed by atoms with Gasteiger partial charge in [-0.1, -0.05) is 41.2 Å². The van der Waals surface area contributed by atoms with Crippen LogP contribution < -0.4 is 5.56 Å². The van der Waals surface area contributed by atoms with Crippen LogP contribution in [-0.2, 0) is 11.0 Å². The number of allylic oxidation sites excluding steroid dienone is 1. The molecule has 0 spiro atoms. The Balaban J connectivity index is 2.40. The number of fused-ring (bicyclic) bond motifs is 3. The van der Waals surface area contributed by atoms with E-state index in [1.807, 2.05) is 10.8 Å². The number of nitrogens with zero attached hydrogens (tertiary/aromatic N) is 3. The van der Waals surface area contributed by atoms with E-state index in [4.69, 9.17) is 0 Å². The van der Waals surface area contributed by atoms with Gasteiger partial charge in [-0.2, -0.15) is 0 Å². The summed E-state index contributed by atoms with van der Waals surface area (Å²) in [4.78, 5) is 21.8. The maximum atomic E-state index is 12.6. The summed E-state index contributed by atoms with van der Waals surface area (Å²) in [6.45, 7) is 15.1. The largest absolute Gasteiger partial charge is 0.282 e. The Bertz CT molecular complexity index is 867. The zero-order valence-electron chi connectivity index (χ0n) is 15.2. The predicted molar refractivity (Wildman–Crippen MR) is 98.0 cm³/mol. The quantitative estimate of drug-likeness (QED) is 0.834. The van der Waals surface area contributed by atoms with Gasteiger partial charge >= 0.3 is 0 Å². The van der Waals surface area contributed by atoms with Gasteiger partial charge in [0.1, 0.15) is 5.82 Å². The summed E-state index contributed by atoms with van der Waals surface area (Å²) in [6.07, 6.45) is 5.02. The van der Waals surface area contributed by atoms with Gasteiger partial charge in [0, 0.05) is 35.1 Å². The third-order valence-corrected chi connectivity index (χ3v) is 5.24. The highest BCUT2D eigenvalue weighted by molar-refractivity contribution is 5.84. The summed E-state index contributed by atoms with van der Waals surface area (Å²) >= 11 is 0. The minimum atomic E-state index is -0.426. The van der Waals surface area contributed by atoms with E-state index in [1.165, 1.54) is 6.07 Å². The number of pyridine rings is 1. The Labute approximate surface area is 143 Å². The molecule has 3 heterocycles. The second kappa shape index (κ2) is 5.40. The fraction of sp³-hybridized carbons (Fsp3) is 0.450. The lowest BCUT2D eigenvalue weighted by molar-refractivity contribution is 0.345. The normalized spacial score (nSPS) is 15.8. The standard InChI is InChI=1S/C20H25N3O/c1-7-20(8-2)13(3)14-11-16(19(4,5)6)22-12-15(14)18-21-10-9-17(24)23(18)20/h9-12H,3,7-8H2,1-2,4-6H3. The smallest absolute Gasteiger partial charge is 0.254 e. The van der Waals surface area contributed by atoms with Crippen LogP contribution in [0.1, 0.15) is 58.7 Å². The van der Waals surface area contributed by atoms with Crippen molar-refractivity contribution in [2.24, 2.45) is 0 Å². The van der Waals surface area contributed by atoms with Crippen LogP contribution >= 0.6 is 0 Å². The fourth-order valence-corrected chi connectivity index (χ4v) is 3.68. The molecule has 4 heteroatoms. The molecule has 0 radical (unpaired) electrons. The highest BCUT2D eigenvalue weighted by atomic mass is 16.1. The van der Waals surface area contributed by atoms with Crippen molar-refractivity contribution in [1.29, 1.82) is 0 Å². The molecule has 0 amide bonds. The lowest BCUT2D eigenvalue weighted by Crippen LogP contribution is -2.44. The molecule has 0 N–H and O–H groups in total. The Morgan fingerprint density at radius 2 is 1.83 bits per heavy atom. The molecule has 1 aliphatic rings. The first-order valence-electron chi connectivity index (χ1n) is 8.55. The summed E-state index contributed by atoms with van der Waals surface area (Å²) in [7, 11) is 0. The van der Waals surface area contributed by atoms with E-state index >= 15 is 0 Å². The van der Waals surface area contributed by atoms with Crippen molar-refractivity contribution in [3.8, 4) is 11.4 Å². The van der Waals surface area contributed by atoms with E-state index in [0.29, 0.717) is 5.82 Å². The summed E-state index contributed by atoms with van der Waals surface area (Å²) in [5, 5.41) is 0.